The maximum Gasteiger partial charge on any atom is 0.119 e. The number of fused-ring (bicyclic) bond motifs is 1. The Morgan fingerprint density at radius 2 is 2.05 bits per heavy atom. The number of methoxy groups -OCH3 is 1. The van der Waals surface area contributed by atoms with Gasteiger partial charge in [0.05, 0.1) is 7.11 Å². The molecular formula is C18H27NO. The molecule has 1 aromatic carbocycles. The summed E-state index contributed by atoms with van der Waals surface area (Å²) in [5, 5.41) is 3.84. The van der Waals surface area contributed by atoms with Gasteiger partial charge < -0.3 is 10.1 Å². The van der Waals surface area contributed by atoms with Gasteiger partial charge in [0, 0.05) is 12.6 Å². The van der Waals surface area contributed by atoms with Gasteiger partial charge in [0.25, 0.3) is 0 Å². The molecule has 0 amide bonds. The first-order valence-electron chi connectivity index (χ1n) is 8.08. The zero-order valence-corrected chi connectivity index (χ0v) is 12.9. The Bertz CT molecular complexity index is 462. The molecule has 0 saturated heterocycles. The Balaban J connectivity index is 1.60. The van der Waals surface area contributed by atoms with Crippen molar-refractivity contribution in [1.29, 1.82) is 0 Å². The van der Waals surface area contributed by atoms with Crippen LogP contribution in [0, 0.1) is 5.41 Å². The molecule has 2 heteroatoms. The van der Waals surface area contributed by atoms with E-state index in [0.717, 1.165) is 12.2 Å². The predicted molar refractivity (Wildman–Crippen MR) is 83.4 cm³/mol. The summed E-state index contributed by atoms with van der Waals surface area (Å²) >= 11 is 0. The maximum absolute atomic E-state index is 5.35. The van der Waals surface area contributed by atoms with Crippen molar-refractivity contribution in [2.45, 2.75) is 57.9 Å². The van der Waals surface area contributed by atoms with Gasteiger partial charge >= 0.3 is 0 Å². The van der Waals surface area contributed by atoms with Crippen LogP contribution in [0.1, 0.15) is 50.2 Å². The highest BCUT2D eigenvalue weighted by Crippen LogP contribution is 2.37. The topological polar surface area (TPSA) is 21.3 Å². The third-order valence-corrected chi connectivity index (χ3v) is 5.27. The largest absolute Gasteiger partial charge is 0.497 e. The zero-order chi connectivity index (χ0) is 14.0. The Hall–Kier alpha value is -1.02. The van der Waals surface area contributed by atoms with Crippen LogP contribution in [0.15, 0.2) is 18.2 Å². The molecule has 0 heterocycles. The molecule has 0 aromatic heterocycles. The minimum absolute atomic E-state index is 0.550. The van der Waals surface area contributed by atoms with E-state index in [0.29, 0.717) is 11.5 Å². The normalized spacial score (nSPS) is 24.4. The highest BCUT2D eigenvalue weighted by molar-refractivity contribution is 5.37. The molecule has 2 aliphatic rings. The minimum Gasteiger partial charge on any atom is -0.497 e. The van der Waals surface area contributed by atoms with Gasteiger partial charge in [0.1, 0.15) is 5.75 Å². The van der Waals surface area contributed by atoms with Gasteiger partial charge in [-0.05, 0) is 60.8 Å². The zero-order valence-electron chi connectivity index (χ0n) is 12.9. The molecule has 0 spiro atoms. The molecule has 2 nitrogen and oxygen atoms in total. The number of nitrogens with one attached hydrogen (secondary N) is 1. The average molecular weight is 273 g/mol. The molecule has 1 N–H and O–H groups in total. The Morgan fingerprint density at radius 3 is 2.80 bits per heavy atom. The van der Waals surface area contributed by atoms with Crippen molar-refractivity contribution in [3.8, 4) is 5.75 Å². The van der Waals surface area contributed by atoms with Crippen molar-refractivity contribution < 1.29 is 4.74 Å². The van der Waals surface area contributed by atoms with Crippen LogP contribution in [0.4, 0.5) is 0 Å². The SMILES string of the molecule is COc1ccc2c(c1)CC(NCC1(C)CCCC1)CC2. The van der Waals surface area contributed by atoms with Crippen molar-refractivity contribution in [2.24, 2.45) is 5.41 Å². The van der Waals surface area contributed by atoms with Crippen LogP contribution >= 0.6 is 0 Å². The summed E-state index contributed by atoms with van der Waals surface area (Å²) in [7, 11) is 1.75. The molecule has 1 fully saturated rings. The van der Waals surface area contributed by atoms with Crippen molar-refractivity contribution in [3.63, 3.8) is 0 Å². The molecule has 1 saturated carbocycles. The van der Waals surface area contributed by atoms with Crippen molar-refractivity contribution in [3.05, 3.63) is 29.3 Å². The lowest BCUT2D eigenvalue weighted by Gasteiger charge is -2.31. The Morgan fingerprint density at radius 1 is 1.25 bits per heavy atom. The van der Waals surface area contributed by atoms with Gasteiger partial charge in [-0.15, -0.1) is 0 Å². The fraction of sp³-hybridized carbons (Fsp3) is 0.667. The van der Waals surface area contributed by atoms with Crippen LogP contribution in [0.5, 0.6) is 5.75 Å². The second-order valence-electron chi connectivity index (χ2n) is 6.97. The summed E-state index contributed by atoms with van der Waals surface area (Å²) in [5.41, 5.74) is 3.54. The van der Waals surface area contributed by atoms with Crippen molar-refractivity contribution in [1.82, 2.24) is 5.32 Å². The quantitative estimate of drug-likeness (QED) is 0.902. The monoisotopic (exact) mass is 273 g/mol. The molecule has 0 radical (unpaired) electrons. The summed E-state index contributed by atoms with van der Waals surface area (Å²) in [6.45, 7) is 3.64. The van der Waals surface area contributed by atoms with Crippen LogP contribution in [-0.2, 0) is 12.8 Å². The van der Waals surface area contributed by atoms with Gasteiger partial charge in [0.15, 0.2) is 0 Å². The number of hydrogen-bond donors (Lipinski definition) is 1. The van der Waals surface area contributed by atoms with E-state index >= 15 is 0 Å². The van der Waals surface area contributed by atoms with Crippen molar-refractivity contribution >= 4 is 0 Å². The van der Waals surface area contributed by atoms with E-state index in [9.17, 15) is 0 Å². The maximum atomic E-state index is 5.35. The Kier molecular flexibility index (Phi) is 4.02. The first-order valence-corrected chi connectivity index (χ1v) is 8.08. The lowest BCUT2D eigenvalue weighted by atomic mass is 9.85. The van der Waals surface area contributed by atoms with Crippen LogP contribution in [0.2, 0.25) is 0 Å². The van der Waals surface area contributed by atoms with E-state index in [1.807, 2.05) is 0 Å². The molecule has 1 aromatic rings. The first-order chi connectivity index (χ1) is 9.68. The molecule has 20 heavy (non-hydrogen) atoms. The van der Waals surface area contributed by atoms with E-state index in [2.05, 4.69) is 30.4 Å². The molecule has 1 atom stereocenters. The summed E-state index contributed by atoms with van der Waals surface area (Å²) in [4.78, 5) is 0. The third kappa shape index (κ3) is 3.01. The van der Waals surface area contributed by atoms with Crippen LogP contribution in [0.25, 0.3) is 0 Å². The fourth-order valence-electron chi connectivity index (χ4n) is 3.83. The van der Waals surface area contributed by atoms with Crippen LogP contribution in [0.3, 0.4) is 0 Å². The summed E-state index contributed by atoms with van der Waals surface area (Å²) < 4.78 is 5.35. The second kappa shape index (κ2) is 5.77. The van der Waals surface area contributed by atoms with E-state index < -0.39 is 0 Å². The molecule has 2 aliphatic carbocycles. The molecule has 0 aliphatic heterocycles. The predicted octanol–water partition coefficient (Wildman–Crippen LogP) is 3.72. The second-order valence-corrected chi connectivity index (χ2v) is 6.97. The third-order valence-electron chi connectivity index (χ3n) is 5.27. The van der Waals surface area contributed by atoms with Crippen LogP contribution < -0.4 is 10.1 Å². The van der Waals surface area contributed by atoms with Gasteiger partial charge in [-0.2, -0.15) is 0 Å². The Labute approximate surface area is 122 Å². The standard InChI is InChI=1S/C18H27NO/c1-18(9-3-4-10-18)13-19-16-7-5-14-6-8-17(20-2)12-15(14)11-16/h6,8,12,16,19H,3-5,7,9-11,13H2,1-2H3. The van der Waals surface area contributed by atoms with E-state index in [1.54, 1.807) is 7.11 Å². The molecule has 3 rings (SSSR count). The van der Waals surface area contributed by atoms with E-state index in [-0.39, 0.29) is 0 Å². The van der Waals surface area contributed by atoms with E-state index in [1.165, 1.54) is 56.2 Å². The molecule has 1 unspecified atom stereocenters. The number of ether oxygens (including phenoxy) is 1. The number of benzene rings is 1. The van der Waals surface area contributed by atoms with Gasteiger partial charge in [0.2, 0.25) is 0 Å². The summed E-state index contributed by atoms with van der Waals surface area (Å²) in [6.07, 6.45) is 9.27. The number of hydrogen-bond acceptors (Lipinski definition) is 2. The van der Waals surface area contributed by atoms with Gasteiger partial charge in [-0.1, -0.05) is 25.8 Å². The van der Waals surface area contributed by atoms with Crippen LogP contribution in [-0.4, -0.2) is 19.7 Å². The highest BCUT2D eigenvalue weighted by atomic mass is 16.5. The molecule has 0 bridgehead atoms. The summed E-state index contributed by atoms with van der Waals surface area (Å²) in [5.74, 6) is 0.993. The molecular weight excluding hydrogens is 246 g/mol. The fourth-order valence-corrected chi connectivity index (χ4v) is 3.83. The number of aryl methyl sites for hydroxylation is 1. The molecule has 110 valence electrons. The highest BCUT2D eigenvalue weighted by Gasteiger charge is 2.29. The van der Waals surface area contributed by atoms with Gasteiger partial charge in [-0.25, -0.2) is 0 Å². The van der Waals surface area contributed by atoms with E-state index in [4.69, 9.17) is 4.74 Å². The average Bonchev–Trinajstić information content (AvgIpc) is 2.91. The van der Waals surface area contributed by atoms with Gasteiger partial charge in [-0.3, -0.25) is 0 Å². The summed E-state index contributed by atoms with van der Waals surface area (Å²) in [6, 6.07) is 7.20. The lowest BCUT2D eigenvalue weighted by Crippen LogP contribution is -2.40. The first kappa shape index (κ1) is 13.9. The lowest BCUT2D eigenvalue weighted by molar-refractivity contribution is 0.288. The number of rotatable bonds is 4. The smallest absolute Gasteiger partial charge is 0.119 e. The minimum atomic E-state index is 0.550. The van der Waals surface area contributed by atoms with Crippen molar-refractivity contribution in [2.75, 3.05) is 13.7 Å².